The lowest BCUT2D eigenvalue weighted by Gasteiger charge is -2.23. The number of nitrogens with one attached hydrogen (secondary N) is 1. The first-order chi connectivity index (χ1) is 13.0. The highest BCUT2D eigenvalue weighted by molar-refractivity contribution is 7.89. The first-order valence-corrected chi connectivity index (χ1v) is 9.95. The first-order valence-electron chi connectivity index (χ1n) is 8.51. The molecule has 2 aromatic rings. The summed E-state index contributed by atoms with van der Waals surface area (Å²) < 4.78 is 42.9. The predicted molar refractivity (Wildman–Crippen MR) is 97.0 cm³/mol. The molecule has 1 fully saturated rings. The van der Waals surface area contributed by atoms with Crippen LogP contribution in [-0.4, -0.2) is 45.4 Å². The normalized spacial score (nSPS) is 17.6. The Bertz CT molecular complexity index is 895. The molecule has 3 rings (SSSR count). The summed E-state index contributed by atoms with van der Waals surface area (Å²) in [6.07, 6.45) is 2.60. The number of ether oxygens (including phenoxy) is 2. The van der Waals surface area contributed by atoms with Gasteiger partial charge in [-0.25, -0.2) is 8.42 Å². The molecule has 1 atom stereocenters. The lowest BCUT2D eigenvalue weighted by Crippen LogP contribution is -2.45. The number of rotatable bonds is 7. The second-order valence-corrected chi connectivity index (χ2v) is 7.98. The summed E-state index contributed by atoms with van der Waals surface area (Å²) in [5.41, 5.74) is 0. The molecule has 0 radical (unpaired) electrons. The minimum atomic E-state index is -3.85. The van der Waals surface area contributed by atoms with E-state index in [9.17, 15) is 13.2 Å². The Kier molecular flexibility index (Phi) is 5.71. The second kappa shape index (κ2) is 8.01. The Hall–Kier alpha value is -2.52. The zero-order chi connectivity index (χ0) is 19.4. The van der Waals surface area contributed by atoms with Crippen LogP contribution in [0.4, 0.5) is 0 Å². The number of nitrogens with zero attached hydrogens (tertiary/aromatic N) is 1. The van der Waals surface area contributed by atoms with Gasteiger partial charge in [-0.2, -0.15) is 4.31 Å². The second-order valence-electron chi connectivity index (χ2n) is 6.09. The van der Waals surface area contributed by atoms with E-state index in [0.29, 0.717) is 30.1 Å². The van der Waals surface area contributed by atoms with Crippen molar-refractivity contribution in [1.82, 2.24) is 9.62 Å². The fourth-order valence-corrected chi connectivity index (χ4v) is 4.78. The third kappa shape index (κ3) is 3.93. The van der Waals surface area contributed by atoms with Gasteiger partial charge in [0.1, 0.15) is 11.8 Å². The van der Waals surface area contributed by atoms with Gasteiger partial charge in [0.2, 0.25) is 15.9 Å². The van der Waals surface area contributed by atoms with Crippen LogP contribution in [0.5, 0.6) is 11.5 Å². The maximum atomic E-state index is 13.1. The Morgan fingerprint density at radius 1 is 1.26 bits per heavy atom. The molecule has 1 aliphatic heterocycles. The van der Waals surface area contributed by atoms with E-state index in [-0.39, 0.29) is 23.9 Å². The minimum Gasteiger partial charge on any atom is -0.493 e. The van der Waals surface area contributed by atoms with Crippen molar-refractivity contribution in [2.45, 2.75) is 30.3 Å². The number of hydrogen-bond donors (Lipinski definition) is 1. The summed E-state index contributed by atoms with van der Waals surface area (Å²) in [6.45, 7) is 0.502. The van der Waals surface area contributed by atoms with Gasteiger partial charge in [-0.1, -0.05) is 0 Å². The van der Waals surface area contributed by atoms with E-state index in [2.05, 4.69) is 5.32 Å². The lowest BCUT2D eigenvalue weighted by atomic mass is 10.2. The molecule has 0 saturated carbocycles. The number of benzene rings is 1. The van der Waals surface area contributed by atoms with Gasteiger partial charge in [0.15, 0.2) is 11.5 Å². The first kappa shape index (κ1) is 19.2. The maximum Gasteiger partial charge on any atom is 0.243 e. The van der Waals surface area contributed by atoms with Gasteiger partial charge in [0.05, 0.1) is 31.9 Å². The largest absolute Gasteiger partial charge is 0.493 e. The molecule has 0 bridgehead atoms. The predicted octanol–water partition coefficient (Wildman–Crippen LogP) is 1.77. The summed E-state index contributed by atoms with van der Waals surface area (Å²) in [6, 6.07) is 7.11. The molecule has 27 heavy (non-hydrogen) atoms. The van der Waals surface area contributed by atoms with Gasteiger partial charge in [-0.3, -0.25) is 4.79 Å². The van der Waals surface area contributed by atoms with Crippen molar-refractivity contribution in [3.8, 4) is 11.5 Å². The van der Waals surface area contributed by atoms with E-state index >= 15 is 0 Å². The highest BCUT2D eigenvalue weighted by Crippen LogP contribution is 2.33. The van der Waals surface area contributed by atoms with Crippen LogP contribution in [0.2, 0.25) is 0 Å². The minimum absolute atomic E-state index is 0.0610. The van der Waals surface area contributed by atoms with Crippen LogP contribution in [0.1, 0.15) is 18.6 Å². The fraction of sp³-hybridized carbons (Fsp3) is 0.389. The van der Waals surface area contributed by atoms with Gasteiger partial charge in [-0.15, -0.1) is 0 Å². The van der Waals surface area contributed by atoms with Crippen LogP contribution in [0, 0.1) is 0 Å². The number of methoxy groups -OCH3 is 2. The summed E-state index contributed by atoms with van der Waals surface area (Å²) in [4.78, 5) is 12.6. The Labute approximate surface area is 158 Å². The topological polar surface area (TPSA) is 98.1 Å². The van der Waals surface area contributed by atoms with Crippen LogP contribution in [0.25, 0.3) is 0 Å². The molecular formula is C18H22N2O6S. The van der Waals surface area contributed by atoms with Crippen molar-refractivity contribution in [2.75, 3.05) is 20.8 Å². The molecule has 146 valence electrons. The van der Waals surface area contributed by atoms with Gasteiger partial charge in [0, 0.05) is 12.6 Å². The van der Waals surface area contributed by atoms with E-state index in [1.807, 2.05) is 0 Å². The highest BCUT2D eigenvalue weighted by atomic mass is 32.2. The molecule has 1 unspecified atom stereocenters. The molecule has 1 aromatic carbocycles. The third-order valence-electron chi connectivity index (χ3n) is 4.48. The van der Waals surface area contributed by atoms with Crippen LogP contribution in [-0.2, 0) is 21.4 Å². The zero-order valence-electron chi connectivity index (χ0n) is 15.2. The van der Waals surface area contributed by atoms with Gasteiger partial charge < -0.3 is 19.2 Å². The number of carbonyl (C=O) groups is 1. The molecule has 2 heterocycles. The van der Waals surface area contributed by atoms with Crippen LogP contribution in [0.3, 0.4) is 0 Å². The molecule has 9 heteroatoms. The Balaban J connectivity index is 1.79. The summed E-state index contributed by atoms with van der Waals surface area (Å²) in [7, 11) is -0.932. The van der Waals surface area contributed by atoms with Crippen molar-refractivity contribution < 1.29 is 27.1 Å². The number of sulfonamides is 1. The maximum absolute atomic E-state index is 13.1. The quantitative estimate of drug-likeness (QED) is 0.769. The monoisotopic (exact) mass is 394 g/mol. The standard InChI is InChI=1S/C18H22N2O6S/c1-24-16-8-7-14(11-17(16)25-2)27(22,23)20-9-3-6-15(20)18(21)19-12-13-5-4-10-26-13/h4-5,7-8,10-11,15H,3,6,9,12H2,1-2H3,(H,19,21). The number of hydrogen-bond acceptors (Lipinski definition) is 6. The highest BCUT2D eigenvalue weighted by Gasteiger charge is 2.39. The lowest BCUT2D eigenvalue weighted by molar-refractivity contribution is -0.124. The summed E-state index contributed by atoms with van der Waals surface area (Å²) >= 11 is 0. The van der Waals surface area contributed by atoms with Gasteiger partial charge in [-0.05, 0) is 37.1 Å². The molecule has 1 aromatic heterocycles. The van der Waals surface area contributed by atoms with Crippen molar-refractivity contribution in [2.24, 2.45) is 0 Å². The third-order valence-corrected chi connectivity index (χ3v) is 6.39. The van der Waals surface area contributed by atoms with E-state index in [0.717, 1.165) is 0 Å². The van der Waals surface area contributed by atoms with Crippen molar-refractivity contribution in [3.05, 3.63) is 42.4 Å². The molecule has 0 spiro atoms. The van der Waals surface area contributed by atoms with E-state index in [1.165, 1.54) is 43.0 Å². The van der Waals surface area contributed by atoms with Gasteiger partial charge in [0.25, 0.3) is 0 Å². The number of furan rings is 1. The fourth-order valence-electron chi connectivity index (χ4n) is 3.11. The smallest absolute Gasteiger partial charge is 0.243 e. The van der Waals surface area contributed by atoms with Crippen molar-refractivity contribution >= 4 is 15.9 Å². The van der Waals surface area contributed by atoms with Gasteiger partial charge >= 0.3 is 0 Å². The van der Waals surface area contributed by atoms with E-state index in [1.54, 1.807) is 12.1 Å². The molecule has 1 amide bonds. The average Bonchev–Trinajstić information content (AvgIpc) is 3.37. The molecule has 0 aliphatic carbocycles. The van der Waals surface area contributed by atoms with Crippen LogP contribution < -0.4 is 14.8 Å². The molecule has 1 aliphatic rings. The summed E-state index contributed by atoms with van der Waals surface area (Å²) in [5.74, 6) is 1.02. The molecular weight excluding hydrogens is 372 g/mol. The number of carbonyl (C=O) groups excluding carboxylic acids is 1. The average molecular weight is 394 g/mol. The zero-order valence-corrected chi connectivity index (χ0v) is 16.0. The SMILES string of the molecule is COc1ccc(S(=O)(=O)N2CCCC2C(=O)NCc2ccco2)cc1OC. The Morgan fingerprint density at radius 3 is 2.70 bits per heavy atom. The van der Waals surface area contributed by atoms with Crippen molar-refractivity contribution in [3.63, 3.8) is 0 Å². The molecule has 1 saturated heterocycles. The molecule has 8 nitrogen and oxygen atoms in total. The van der Waals surface area contributed by atoms with Crippen LogP contribution >= 0.6 is 0 Å². The number of amides is 1. The summed E-state index contributed by atoms with van der Waals surface area (Å²) in [5, 5.41) is 2.74. The van der Waals surface area contributed by atoms with Crippen LogP contribution in [0.15, 0.2) is 45.9 Å². The molecule has 1 N–H and O–H groups in total. The van der Waals surface area contributed by atoms with E-state index in [4.69, 9.17) is 13.9 Å². The Morgan fingerprint density at radius 2 is 2.04 bits per heavy atom. The van der Waals surface area contributed by atoms with E-state index < -0.39 is 16.1 Å². The van der Waals surface area contributed by atoms with Crippen molar-refractivity contribution in [1.29, 1.82) is 0 Å².